The van der Waals surface area contributed by atoms with E-state index in [1.807, 2.05) is 20.8 Å². The van der Waals surface area contributed by atoms with Crippen LogP contribution in [-0.4, -0.2) is 75.6 Å². The summed E-state index contributed by atoms with van der Waals surface area (Å²) in [5.74, 6) is -0.931. The highest BCUT2D eigenvalue weighted by Crippen LogP contribution is 2.42. The number of carbonyl (C=O) groups excluding carboxylic acids is 1. The predicted octanol–water partition coefficient (Wildman–Crippen LogP) is 5.38. The number of urea groups is 1. The molecule has 0 saturated carbocycles. The van der Waals surface area contributed by atoms with Gasteiger partial charge in [-0.25, -0.2) is 9.59 Å². The van der Waals surface area contributed by atoms with Gasteiger partial charge in [0.2, 0.25) is 0 Å². The minimum atomic E-state index is -2.74. The Bertz CT molecular complexity index is 1780. The number of thiocarbonyl (C=S) groups is 1. The molecule has 0 saturated heterocycles. The number of carbonyl (C=O) groups is 2. The summed E-state index contributed by atoms with van der Waals surface area (Å²) in [6, 6.07) is 14.0. The number of phenolic OH excluding ortho intramolecular Hbond substituents is 1. The van der Waals surface area contributed by atoms with Gasteiger partial charge in [-0.2, -0.15) is 0 Å². The number of aromatic carboxylic acids is 1. The lowest BCUT2D eigenvalue weighted by atomic mass is 9.90. The molecule has 15 heteroatoms. The topological polar surface area (TPSA) is 181 Å². The van der Waals surface area contributed by atoms with Crippen molar-refractivity contribution >= 4 is 54.8 Å². The number of nitrogens with one attached hydrogen (secondary N) is 4. The Morgan fingerprint density at radius 3 is 2.16 bits per heavy atom. The molecule has 0 atom stereocenters. The van der Waals surface area contributed by atoms with E-state index in [2.05, 4.69) is 21.3 Å². The first-order valence-corrected chi connectivity index (χ1v) is 18.5. The quantitative estimate of drug-likeness (QED) is 0.0357. The van der Waals surface area contributed by atoms with Crippen molar-refractivity contribution in [2.75, 3.05) is 44.8 Å². The van der Waals surface area contributed by atoms with E-state index in [4.69, 9.17) is 29.9 Å². The van der Waals surface area contributed by atoms with E-state index in [-0.39, 0.29) is 33.6 Å². The highest BCUT2D eigenvalue weighted by Gasteiger charge is 2.39. The molecule has 0 spiro atoms. The van der Waals surface area contributed by atoms with Gasteiger partial charge in [-0.15, -0.1) is 0 Å². The maximum absolute atomic E-state index is 12.5. The van der Waals surface area contributed by atoms with Crippen molar-refractivity contribution in [3.8, 4) is 28.2 Å². The van der Waals surface area contributed by atoms with E-state index in [1.165, 1.54) is 30.3 Å². The molecule has 0 aromatic heterocycles. The standard InChI is InChI=1S/C34H42N4O9SSi/c1-4-44-49(45-5-2,46-6-3)18-8-17-36-33(43)35-15-7-16-37-34(48)38-22-9-12-25(28(19-22)32(41)42)31-26-13-10-23(39)20-29(26)47-30-21-24(40)11-14-27(30)31/h9-14,19-21,39H,4-8,15-18H2,1-3H3,(H,41,42)(H2,35,36,43)(H2,37,38,48). The lowest BCUT2D eigenvalue weighted by molar-refractivity contribution is 0.0692. The Morgan fingerprint density at radius 2 is 1.49 bits per heavy atom. The van der Waals surface area contributed by atoms with E-state index in [0.717, 1.165) is 0 Å². The van der Waals surface area contributed by atoms with Gasteiger partial charge in [0.1, 0.15) is 17.1 Å². The highest BCUT2D eigenvalue weighted by molar-refractivity contribution is 7.80. The summed E-state index contributed by atoms with van der Waals surface area (Å²) in [6.07, 6.45) is 1.25. The lowest BCUT2D eigenvalue weighted by Gasteiger charge is -2.28. The number of hydrogen-bond acceptors (Lipinski definition) is 9. The van der Waals surface area contributed by atoms with Gasteiger partial charge in [-0.1, -0.05) is 6.07 Å². The summed E-state index contributed by atoms with van der Waals surface area (Å²) in [6.45, 7) is 8.55. The van der Waals surface area contributed by atoms with Crippen LogP contribution in [-0.2, 0) is 13.3 Å². The second-order valence-corrected chi connectivity index (χ2v) is 14.0. The van der Waals surface area contributed by atoms with Gasteiger partial charge in [-0.05, 0) is 87.8 Å². The average Bonchev–Trinajstić information content (AvgIpc) is 3.06. The van der Waals surface area contributed by atoms with Crippen LogP contribution in [0.3, 0.4) is 0 Å². The van der Waals surface area contributed by atoms with Crippen LogP contribution in [0.1, 0.15) is 44.0 Å². The van der Waals surface area contributed by atoms with Crippen molar-refractivity contribution in [3.63, 3.8) is 0 Å². The molecule has 2 aliphatic rings. The molecule has 49 heavy (non-hydrogen) atoms. The summed E-state index contributed by atoms with van der Waals surface area (Å²) in [5.41, 5.74) is 1.98. The van der Waals surface area contributed by atoms with Crippen LogP contribution < -0.4 is 26.7 Å². The summed E-state index contributed by atoms with van der Waals surface area (Å²) in [7, 11) is -2.74. The minimum Gasteiger partial charge on any atom is -0.508 e. The van der Waals surface area contributed by atoms with Gasteiger partial charge < -0.3 is 49.2 Å². The van der Waals surface area contributed by atoms with Crippen molar-refractivity contribution in [1.29, 1.82) is 0 Å². The SMILES string of the molecule is CCO[Si](CCCNC(=O)NCCCNC(=S)Nc1ccc(-c2c3ccc(=O)cc-3oc3cc(O)ccc23)c(C(=O)O)c1)(OCC)OCC. The molecule has 0 bridgehead atoms. The molecule has 0 fully saturated rings. The molecule has 0 radical (unpaired) electrons. The first-order valence-electron chi connectivity index (χ1n) is 16.1. The maximum atomic E-state index is 12.5. The third-order valence-corrected chi connectivity index (χ3v) is 10.8. The zero-order valence-corrected chi connectivity index (χ0v) is 29.5. The predicted molar refractivity (Wildman–Crippen MR) is 193 cm³/mol. The summed E-state index contributed by atoms with van der Waals surface area (Å²) in [4.78, 5) is 36.8. The number of benzene rings is 3. The van der Waals surface area contributed by atoms with E-state index in [9.17, 15) is 24.6 Å². The number of fused-ring (bicyclic) bond motifs is 2. The van der Waals surface area contributed by atoms with Crippen molar-refractivity contribution in [1.82, 2.24) is 16.0 Å². The van der Waals surface area contributed by atoms with Crippen LogP contribution in [0.4, 0.5) is 10.5 Å². The summed E-state index contributed by atoms with van der Waals surface area (Å²) >= 11 is 5.42. The first kappa shape index (κ1) is 37.3. The van der Waals surface area contributed by atoms with Crippen molar-refractivity contribution in [2.24, 2.45) is 0 Å². The van der Waals surface area contributed by atoms with Crippen LogP contribution in [0.5, 0.6) is 5.75 Å². The fourth-order valence-corrected chi connectivity index (χ4v) is 8.24. The summed E-state index contributed by atoms with van der Waals surface area (Å²) < 4.78 is 23.4. The Balaban J connectivity index is 1.31. The van der Waals surface area contributed by atoms with E-state index < -0.39 is 14.8 Å². The Kier molecular flexibility index (Phi) is 13.5. The number of hydrogen-bond donors (Lipinski definition) is 6. The molecule has 2 aromatic rings. The van der Waals surface area contributed by atoms with Gasteiger partial charge >= 0.3 is 20.8 Å². The van der Waals surface area contributed by atoms with Gasteiger partial charge in [0, 0.05) is 79.8 Å². The van der Waals surface area contributed by atoms with Gasteiger partial charge in [0.05, 0.1) is 5.56 Å². The third-order valence-electron chi connectivity index (χ3n) is 7.42. The normalized spacial score (nSPS) is 11.4. The molecular formula is C34H42N4O9SSi. The van der Waals surface area contributed by atoms with Gasteiger partial charge in [0.15, 0.2) is 10.5 Å². The van der Waals surface area contributed by atoms with Crippen LogP contribution in [0.15, 0.2) is 63.8 Å². The number of aromatic hydroxyl groups is 1. The molecule has 1 aliphatic heterocycles. The number of rotatable bonds is 17. The Labute approximate surface area is 290 Å². The fraction of sp³-hybridized carbons (Fsp3) is 0.353. The van der Waals surface area contributed by atoms with Gasteiger partial charge in [-0.3, -0.25) is 4.79 Å². The maximum Gasteiger partial charge on any atom is 0.500 e. The van der Waals surface area contributed by atoms with Crippen LogP contribution in [0.25, 0.3) is 33.4 Å². The fourth-order valence-electron chi connectivity index (χ4n) is 5.40. The largest absolute Gasteiger partial charge is 0.508 e. The van der Waals surface area contributed by atoms with Crippen LogP contribution in [0.2, 0.25) is 6.04 Å². The number of anilines is 1. The number of amides is 2. The molecule has 4 rings (SSSR count). The highest BCUT2D eigenvalue weighted by atomic mass is 32.1. The molecular weight excluding hydrogens is 669 g/mol. The third kappa shape index (κ3) is 9.99. The smallest absolute Gasteiger partial charge is 0.500 e. The van der Waals surface area contributed by atoms with Crippen molar-refractivity contribution < 1.29 is 37.5 Å². The Morgan fingerprint density at radius 1 is 0.837 bits per heavy atom. The van der Waals surface area contributed by atoms with E-state index in [0.29, 0.717) is 91.7 Å². The molecule has 1 aliphatic carbocycles. The molecule has 2 aromatic carbocycles. The monoisotopic (exact) mass is 710 g/mol. The number of carboxylic acids is 1. The zero-order valence-electron chi connectivity index (χ0n) is 27.7. The van der Waals surface area contributed by atoms with E-state index >= 15 is 0 Å². The zero-order chi connectivity index (χ0) is 35.4. The summed E-state index contributed by atoms with van der Waals surface area (Å²) in [5, 5.41) is 32.8. The number of phenols is 1. The molecule has 2 amide bonds. The van der Waals surface area contributed by atoms with Crippen LogP contribution in [0, 0.1) is 0 Å². The minimum absolute atomic E-state index is 0.00205. The van der Waals surface area contributed by atoms with Crippen molar-refractivity contribution in [3.05, 3.63) is 70.4 Å². The molecule has 262 valence electrons. The van der Waals surface area contributed by atoms with Crippen molar-refractivity contribution in [2.45, 2.75) is 39.7 Å². The second-order valence-electron chi connectivity index (χ2n) is 10.9. The van der Waals surface area contributed by atoms with Gasteiger partial charge in [0.25, 0.3) is 0 Å². The average molecular weight is 711 g/mol. The Hall–Kier alpha value is -4.54. The molecule has 13 nitrogen and oxygen atoms in total. The first-order chi connectivity index (χ1) is 23.6. The lowest BCUT2D eigenvalue weighted by Crippen LogP contribution is -2.46. The second kappa shape index (κ2) is 17.7. The molecule has 1 heterocycles. The molecule has 0 unspecified atom stereocenters. The van der Waals surface area contributed by atoms with Crippen LogP contribution >= 0.6 is 12.2 Å². The van der Waals surface area contributed by atoms with E-state index in [1.54, 1.807) is 24.3 Å². The molecule has 6 N–H and O–H groups in total. The number of carboxylic acid groups (broad SMARTS) is 1.